The van der Waals surface area contributed by atoms with E-state index in [9.17, 15) is 9.59 Å². The van der Waals surface area contributed by atoms with Crippen LogP contribution in [0.4, 0.5) is 0 Å². The van der Waals surface area contributed by atoms with Crippen molar-refractivity contribution in [2.45, 2.75) is 26.7 Å². The van der Waals surface area contributed by atoms with Gasteiger partial charge >= 0.3 is 5.97 Å². The van der Waals surface area contributed by atoms with Gasteiger partial charge in [0.15, 0.2) is 5.78 Å². The lowest BCUT2D eigenvalue weighted by atomic mass is 9.98. The van der Waals surface area contributed by atoms with Gasteiger partial charge in [-0.1, -0.05) is 0 Å². The van der Waals surface area contributed by atoms with Crippen molar-refractivity contribution in [1.29, 1.82) is 0 Å². The van der Waals surface area contributed by atoms with Crippen LogP contribution < -0.4 is 9.47 Å². The molecule has 5 heteroatoms. The van der Waals surface area contributed by atoms with Crippen molar-refractivity contribution in [3.05, 3.63) is 23.3 Å². The molecule has 20 heavy (non-hydrogen) atoms. The highest BCUT2D eigenvalue weighted by Crippen LogP contribution is 2.31. The van der Waals surface area contributed by atoms with Crippen molar-refractivity contribution in [1.82, 2.24) is 0 Å². The van der Waals surface area contributed by atoms with E-state index in [0.29, 0.717) is 36.5 Å². The molecule has 1 aromatic rings. The molecule has 0 aliphatic carbocycles. The maximum absolute atomic E-state index is 11.8. The number of ether oxygens (including phenoxy) is 3. The summed E-state index contributed by atoms with van der Waals surface area (Å²) in [6.45, 7) is 3.17. The predicted molar refractivity (Wildman–Crippen MR) is 74.5 cm³/mol. The molecule has 0 heterocycles. The largest absolute Gasteiger partial charge is 0.496 e. The van der Waals surface area contributed by atoms with Crippen LogP contribution in [0.5, 0.6) is 11.5 Å². The highest BCUT2D eigenvalue weighted by atomic mass is 16.5. The van der Waals surface area contributed by atoms with Crippen LogP contribution in [0.3, 0.4) is 0 Å². The van der Waals surface area contributed by atoms with Gasteiger partial charge in [0, 0.05) is 12.5 Å². The molecule has 1 rings (SSSR count). The van der Waals surface area contributed by atoms with Crippen LogP contribution in [0.25, 0.3) is 0 Å². The van der Waals surface area contributed by atoms with Crippen molar-refractivity contribution in [2.24, 2.45) is 0 Å². The van der Waals surface area contributed by atoms with Crippen LogP contribution in [0.1, 0.15) is 36.2 Å². The summed E-state index contributed by atoms with van der Waals surface area (Å²) >= 11 is 0. The van der Waals surface area contributed by atoms with E-state index in [0.717, 1.165) is 5.56 Å². The zero-order valence-electron chi connectivity index (χ0n) is 12.3. The summed E-state index contributed by atoms with van der Waals surface area (Å²) in [7, 11) is 3.08. The first-order valence-corrected chi connectivity index (χ1v) is 6.39. The summed E-state index contributed by atoms with van der Waals surface area (Å²) in [6.07, 6.45) is 1.19. The lowest BCUT2D eigenvalue weighted by Crippen LogP contribution is -2.08. The van der Waals surface area contributed by atoms with E-state index in [1.807, 2.05) is 0 Å². The van der Waals surface area contributed by atoms with Crippen LogP contribution in [-0.2, 0) is 16.0 Å². The molecule has 0 unspecified atom stereocenters. The van der Waals surface area contributed by atoms with Gasteiger partial charge in [0.1, 0.15) is 11.5 Å². The highest BCUT2D eigenvalue weighted by molar-refractivity contribution is 5.99. The third kappa shape index (κ3) is 3.98. The van der Waals surface area contributed by atoms with Gasteiger partial charge in [-0.25, -0.2) is 0 Å². The molecule has 0 N–H and O–H groups in total. The first kappa shape index (κ1) is 16.0. The minimum absolute atomic E-state index is 0.0803. The topological polar surface area (TPSA) is 61.8 Å². The van der Waals surface area contributed by atoms with E-state index in [4.69, 9.17) is 14.2 Å². The zero-order chi connectivity index (χ0) is 15.1. The molecule has 0 spiro atoms. The van der Waals surface area contributed by atoms with Crippen molar-refractivity contribution in [3.63, 3.8) is 0 Å². The maximum Gasteiger partial charge on any atom is 0.302 e. The van der Waals surface area contributed by atoms with Crippen molar-refractivity contribution in [3.8, 4) is 11.5 Å². The summed E-state index contributed by atoms with van der Waals surface area (Å²) in [4.78, 5) is 22.6. The molecule has 0 aromatic heterocycles. The molecule has 0 aliphatic rings. The Balaban J connectivity index is 3.00. The Morgan fingerprint density at radius 2 is 1.65 bits per heavy atom. The minimum Gasteiger partial charge on any atom is -0.496 e. The van der Waals surface area contributed by atoms with E-state index in [1.165, 1.54) is 21.0 Å². The standard InChI is InChI=1S/C15H20O5/c1-10(16)15-12(6-5-9-20-11(2)17)13(18-3)7-8-14(15)19-4/h7-8H,5-6,9H2,1-4H3. The van der Waals surface area contributed by atoms with Crippen molar-refractivity contribution in [2.75, 3.05) is 20.8 Å². The Kier molecular flexibility index (Phi) is 6.03. The van der Waals surface area contributed by atoms with E-state index in [2.05, 4.69) is 0 Å². The Labute approximate surface area is 118 Å². The first-order chi connectivity index (χ1) is 9.51. The second kappa shape index (κ2) is 7.53. The molecule has 0 radical (unpaired) electrons. The van der Waals surface area contributed by atoms with Gasteiger partial charge in [-0.2, -0.15) is 0 Å². The Morgan fingerprint density at radius 1 is 1.05 bits per heavy atom. The van der Waals surface area contributed by atoms with E-state index in [-0.39, 0.29) is 11.8 Å². The van der Waals surface area contributed by atoms with Crippen LogP contribution in [0.15, 0.2) is 12.1 Å². The SMILES string of the molecule is COc1ccc(OC)c(C(C)=O)c1CCCOC(C)=O. The van der Waals surface area contributed by atoms with Gasteiger partial charge in [0.25, 0.3) is 0 Å². The number of methoxy groups -OCH3 is 2. The molecule has 0 atom stereocenters. The number of carbonyl (C=O) groups is 2. The number of hydrogen-bond acceptors (Lipinski definition) is 5. The van der Waals surface area contributed by atoms with E-state index in [1.54, 1.807) is 19.2 Å². The molecule has 0 saturated carbocycles. The molecule has 0 aliphatic heterocycles. The van der Waals surface area contributed by atoms with E-state index >= 15 is 0 Å². The maximum atomic E-state index is 11.8. The second-order valence-corrected chi connectivity index (χ2v) is 4.32. The van der Waals surface area contributed by atoms with Crippen molar-refractivity contribution >= 4 is 11.8 Å². The van der Waals surface area contributed by atoms with Crippen LogP contribution in [0.2, 0.25) is 0 Å². The number of rotatable bonds is 7. The molecule has 5 nitrogen and oxygen atoms in total. The number of carbonyl (C=O) groups excluding carboxylic acids is 2. The second-order valence-electron chi connectivity index (χ2n) is 4.32. The molecule has 0 fully saturated rings. The minimum atomic E-state index is -0.311. The van der Waals surface area contributed by atoms with Gasteiger partial charge in [0.05, 0.1) is 26.4 Å². The number of benzene rings is 1. The zero-order valence-corrected chi connectivity index (χ0v) is 12.3. The smallest absolute Gasteiger partial charge is 0.302 e. The van der Waals surface area contributed by atoms with Gasteiger partial charge in [-0.3, -0.25) is 9.59 Å². The van der Waals surface area contributed by atoms with Gasteiger partial charge in [-0.15, -0.1) is 0 Å². The lowest BCUT2D eigenvalue weighted by Gasteiger charge is -2.15. The first-order valence-electron chi connectivity index (χ1n) is 6.39. The van der Waals surface area contributed by atoms with Crippen LogP contribution in [-0.4, -0.2) is 32.6 Å². The molecular formula is C15H20O5. The normalized spacial score (nSPS) is 10.0. The monoisotopic (exact) mass is 280 g/mol. The summed E-state index contributed by atoms with van der Waals surface area (Å²) in [5.74, 6) is 0.775. The van der Waals surface area contributed by atoms with Crippen molar-refractivity contribution < 1.29 is 23.8 Å². The Morgan fingerprint density at radius 3 is 2.15 bits per heavy atom. The molecule has 1 aromatic carbocycles. The molecular weight excluding hydrogens is 260 g/mol. The summed E-state index contributed by atoms with van der Waals surface area (Å²) in [5, 5.41) is 0. The van der Waals surface area contributed by atoms with Gasteiger partial charge < -0.3 is 14.2 Å². The summed E-state index contributed by atoms with van der Waals surface area (Å²) < 4.78 is 15.4. The quantitative estimate of drug-likeness (QED) is 0.436. The Hall–Kier alpha value is -2.04. The van der Waals surface area contributed by atoms with Gasteiger partial charge in [0.2, 0.25) is 0 Å². The third-order valence-electron chi connectivity index (χ3n) is 2.90. The predicted octanol–water partition coefficient (Wildman–Crippen LogP) is 2.40. The lowest BCUT2D eigenvalue weighted by molar-refractivity contribution is -0.141. The third-order valence-corrected chi connectivity index (χ3v) is 2.90. The average molecular weight is 280 g/mol. The highest BCUT2D eigenvalue weighted by Gasteiger charge is 2.18. The average Bonchev–Trinajstić information content (AvgIpc) is 2.41. The Bertz CT molecular complexity index is 493. The molecule has 110 valence electrons. The molecule has 0 bridgehead atoms. The van der Waals surface area contributed by atoms with Crippen LogP contribution >= 0.6 is 0 Å². The number of Topliss-reactive ketones (excluding diaryl/α,β-unsaturated/α-hetero) is 1. The van der Waals surface area contributed by atoms with Gasteiger partial charge in [-0.05, 0) is 31.9 Å². The number of ketones is 1. The fourth-order valence-electron chi connectivity index (χ4n) is 2.07. The molecule has 0 amide bonds. The fraction of sp³-hybridized carbons (Fsp3) is 0.467. The summed E-state index contributed by atoms with van der Waals surface area (Å²) in [6, 6.07) is 3.48. The van der Waals surface area contributed by atoms with Crippen LogP contribution in [0, 0.1) is 0 Å². The number of hydrogen-bond donors (Lipinski definition) is 0. The van der Waals surface area contributed by atoms with E-state index < -0.39 is 0 Å². The fourth-order valence-corrected chi connectivity index (χ4v) is 2.07. The summed E-state index contributed by atoms with van der Waals surface area (Å²) in [5.41, 5.74) is 1.31. The number of esters is 1. The molecule has 0 saturated heterocycles.